The molecule has 1 aromatic heterocycles. The molecule has 0 aliphatic carbocycles. The van der Waals surface area contributed by atoms with Crippen molar-refractivity contribution in [2.45, 2.75) is 19.9 Å². The Morgan fingerprint density at radius 1 is 1.20 bits per heavy atom. The lowest BCUT2D eigenvalue weighted by molar-refractivity contribution is -0.113. The molecule has 2 N–H and O–H groups in total. The van der Waals surface area contributed by atoms with Gasteiger partial charge in [0.05, 0.1) is 25.0 Å². The lowest BCUT2D eigenvalue weighted by atomic mass is 9.95. The van der Waals surface area contributed by atoms with E-state index in [2.05, 4.69) is 26.2 Å². The summed E-state index contributed by atoms with van der Waals surface area (Å²) in [4.78, 5) is 13.4. The lowest BCUT2D eigenvalue weighted by Gasteiger charge is -2.28. The van der Waals surface area contributed by atoms with Crippen molar-refractivity contribution in [3.05, 3.63) is 65.4 Å². The molecule has 0 saturated carbocycles. The third kappa shape index (κ3) is 3.57. The van der Waals surface area contributed by atoms with E-state index in [-0.39, 0.29) is 5.91 Å². The Hall–Kier alpha value is -3.88. The Bertz CT molecular complexity index is 1090. The van der Waals surface area contributed by atoms with Crippen LogP contribution < -0.4 is 20.1 Å². The van der Waals surface area contributed by atoms with E-state index in [4.69, 9.17) is 9.47 Å². The van der Waals surface area contributed by atoms with Crippen molar-refractivity contribution in [3.8, 4) is 11.5 Å². The Morgan fingerprint density at radius 2 is 1.97 bits per heavy atom. The molecule has 3 aromatic rings. The lowest BCUT2D eigenvalue weighted by Crippen LogP contribution is -2.31. The zero-order chi connectivity index (χ0) is 21.1. The van der Waals surface area contributed by atoms with E-state index in [0.717, 1.165) is 11.3 Å². The first-order valence-electron chi connectivity index (χ1n) is 9.55. The number of nitrogens with zero attached hydrogens (tertiary/aromatic N) is 4. The van der Waals surface area contributed by atoms with Gasteiger partial charge in [-0.25, -0.2) is 0 Å². The summed E-state index contributed by atoms with van der Waals surface area (Å²) in [5.41, 5.74) is 2.62. The van der Waals surface area contributed by atoms with E-state index in [9.17, 15) is 4.79 Å². The highest BCUT2D eigenvalue weighted by molar-refractivity contribution is 6.06. The molecule has 0 bridgehead atoms. The van der Waals surface area contributed by atoms with Gasteiger partial charge in [0, 0.05) is 5.70 Å². The number of amides is 1. The molecule has 1 aliphatic heterocycles. The van der Waals surface area contributed by atoms with Gasteiger partial charge >= 0.3 is 0 Å². The van der Waals surface area contributed by atoms with Crippen LogP contribution in [0.1, 0.15) is 25.5 Å². The number of ether oxygens (including phenoxy) is 2. The van der Waals surface area contributed by atoms with Crippen LogP contribution in [0.3, 0.4) is 0 Å². The molecule has 0 radical (unpaired) electrons. The summed E-state index contributed by atoms with van der Waals surface area (Å²) in [7, 11) is 1.56. The van der Waals surface area contributed by atoms with Gasteiger partial charge in [-0.15, -0.1) is 0 Å². The van der Waals surface area contributed by atoms with E-state index in [1.165, 1.54) is 0 Å². The summed E-state index contributed by atoms with van der Waals surface area (Å²) in [6.07, 6.45) is 0. The SMILES string of the molecule is CCOc1ccc(C2C(C(=O)Nc3ccccc3OC)=C(C)Nc3nnnn32)cc1. The number of benzene rings is 2. The summed E-state index contributed by atoms with van der Waals surface area (Å²) >= 11 is 0. The molecule has 9 nitrogen and oxygen atoms in total. The third-order valence-electron chi connectivity index (χ3n) is 4.82. The smallest absolute Gasteiger partial charge is 0.255 e. The number of nitrogens with one attached hydrogen (secondary N) is 2. The molecule has 1 aliphatic rings. The van der Waals surface area contributed by atoms with Crippen LogP contribution in [0.5, 0.6) is 11.5 Å². The molecule has 1 unspecified atom stereocenters. The highest BCUT2D eigenvalue weighted by Crippen LogP contribution is 2.36. The molecule has 30 heavy (non-hydrogen) atoms. The molecule has 0 fully saturated rings. The fourth-order valence-corrected chi connectivity index (χ4v) is 3.47. The molecular formula is C21H22N6O3. The predicted octanol–water partition coefficient (Wildman–Crippen LogP) is 3.01. The second kappa shape index (κ2) is 8.24. The van der Waals surface area contributed by atoms with Gasteiger partial charge < -0.3 is 20.1 Å². The first-order valence-corrected chi connectivity index (χ1v) is 9.55. The number of hydrogen-bond donors (Lipinski definition) is 2. The van der Waals surface area contributed by atoms with Gasteiger partial charge in [-0.2, -0.15) is 4.68 Å². The second-order valence-electron chi connectivity index (χ2n) is 6.67. The third-order valence-corrected chi connectivity index (χ3v) is 4.82. The number of fused-ring (bicyclic) bond motifs is 1. The maximum absolute atomic E-state index is 13.4. The molecule has 0 spiro atoms. The quantitative estimate of drug-likeness (QED) is 0.649. The average Bonchev–Trinajstić information content (AvgIpc) is 3.22. The minimum Gasteiger partial charge on any atom is -0.495 e. The van der Waals surface area contributed by atoms with Crippen LogP contribution in [0.4, 0.5) is 11.6 Å². The number of para-hydroxylation sites is 2. The van der Waals surface area contributed by atoms with E-state index >= 15 is 0 Å². The number of methoxy groups -OCH3 is 1. The van der Waals surface area contributed by atoms with E-state index in [1.54, 1.807) is 23.9 Å². The summed E-state index contributed by atoms with van der Waals surface area (Å²) in [5, 5.41) is 17.9. The van der Waals surface area contributed by atoms with Crippen LogP contribution in [0.15, 0.2) is 59.8 Å². The first-order chi connectivity index (χ1) is 14.6. The Balaban J connectivity index is 1.73. The number of aromatic nitrogens is 4. The molecule has 2 aromatic carbocycles. The van der Waals surface area contributed by atoms with Crippen LogP contribution in [-0.2, 0) is 4.79 Å². The molecule has 4 rings (SSSR count). The van der Waals surface area contributed by atoms with Crippen molar-refractivity contribution in [1.82, 2.24) is 20.2 Å². The monoisotopic (exact) mass is 406 g/mol. The van der Waals surface area contributed by atoms with Gasteiger partial charge in [-0.05, 0) is 54.1 Å². The molecule has 1 amide bonds. The van der Waals surface area contributed by atoms with Crippen molar-refractivity contribution in [3.63, 3.8) is 0 Å². The van der Waals surface area contributed by atoms with Crippen LogP contribution >= 0.6 is 0 Å². The number of rotatable bonds is 6. The number of carbonyl (C=O) groups excluding carboxylic acids is 1. The Labute approximate surface area is 173 Å². The largest absolute Gasteiger partial charge is 0.495 e. The number of carbonyl (C=O) groups is 1. The van der Waals surface area contributed by atoms with Crippen molar-refractivity contribution in [1.29, 1.82) is 0 Å². The standard InChI is InChI=1S/C21H22N6O3/c1-4-30-15-11-9-14(10-12-15)19-18(13(2)22-21-24-25-26-27(19)21)20(28)23-16-7-5-6-8-17(16)29-3/h5-12,19H,4H2,1-3H3,(H,23,28)(H,22,24,26). The number of hydrogen-bond acceptors (Lipinski definition) is 7. The Morgan fingerprint density at radius 3 is 2.70 bits per heavy atom. The minimum absolute atomic E-state index is 0.274. The highest BCUT2D eigenvalue weighted by atomic mass is 16.5. The topological polar surface area (TPSA) is 103 Å². The summed E-state index contributed by atoms with van der Waals surface area (Å²) in [6, 6.07) is 14.3. The Kier molecular flexibility index (Phi) is 5.34. The minimum atomic E-state index is -0.498. The van der Waals surface area contributed by atoms with Crippen molar-refractivity contribution in [2.75, 3.05) is 24.4 Å². The maximum Gasteiger partial charge on any atom is 0.255 e. The normalized spacial score (nSPS) is 15.2. The molecule has 1 atom stereocenters. The van der Waals surface area contributed by atoms with Crippen LogP contribution in [0.25, 0.3) is 0 Å². The summed E-state index contributed by atoms with van der Waals surface area (Å²) in [5.74, 6) is 1.53. The maximum atomic E-state index is 13.4. The van der Waals surface area contributed by atoms with Gasteiger partial charge in [0.2, 0.25) is 5.95 Å². The highest BCUT2D eigenvalue weighted by Gasteiger charge is 2.34. The molecule has 2 heterocycles. The van der Waals surface area contributed by atoms with Crippen molar-refractivity contribution >= 4 is 17.5 Å². The van der Waals surface area contributed by atoms with Gasteiger partial charge in [-0.3, -0.25) is 4.79 Å². The molecule has 154 valence electrons. The summed E-state index contributed by atoms with van der Waals surface area (Å²) in [6.45, 7) is 4.34. The molecule has 0 saturated heterocycles. The molecule has 9 heteroatoms. The van der Waals surface area contributed by atoms with Crippen molar-refractivity contribution in [2.24, 2.45) is 0 Å². The van der Waals surface area contributed by atoms with Crippen molar-refractivity contribution < 1.29 is 14.3 Å². The first kappa shape index (κ1) is 19.4. The zero-order valence-electron chi connectivity index (χ0n) is 16.9. The summed E-state index contributed by atoms with van der Waals surface area (Å²) < 4.78 is 12.5. The van der Waals surface area contributed by atoms with E-state index in [0.29, 0.717) is 35.3 Å². The van der Waals surface area contributed by atoms with Gasteiger partial charge in [0.15, 0.2) is 0 Å². The van der Waals surface area contributed by atoms with Gasteiger partial charge in [-0.1, -0.05) is 29.4 Å². The fourth-order valence-electron chi connectivity index (χ4n) is 3.47. The average molecular weight is 406 g/mol. The van der Waals surface area contributed by atoms with Crippen LogP contribution in [0, 0.1) is 0 Å². The fraction of sp³-hybridized carbons (Fsp3) is 0.238. The van der Waals surface area contributed by atoms with Crippen LogP contribution in [-0.4, -0.2) is 39.8 Å². The zero-order valence-corrected chi connectivity index (χ0v) is 16.9. The second-order valence-corrected chi connectivity index (χ2v) is 6.67. The number of anilines is 2. The predicted molar refractivity (Wildman–Crippen MR) is 112 cm³/mol. The van der Waals surface area contributed by atoms with Crippen LogP contribution in [0.2, 0.25) is 0 Å². The number of tetrazole rings is 1. The number of allylic oxidation sites excluding steroid dienone is 1. The van der Waals surface area contributed by atoms with E-state index in [1.807, 2.05) is 50.2 Å². The van der Waals surface area contributed by atoms with Gasteiger partial charge in [0.1, 0.15) is 17.5 Å². The molecular weight excluding hydrogens is 384 g/mol. The van der Waals surface area contributed by atoms with Gasteiger partial charge in [0.25, 0.3) is 5.91 Å². The van der Waals surface area contributed by atoms with E-state index < -0.39 is 6.04 Å².